The maximum Gasteiger partial charge on any atom is 0.325 e. The van der Waals surface area contributed by atoms with Crippen LogP contribution >= 0.6 is 0 Å². The Morgan fingerprint density at radius 1 is 1.28 bits per heavy atom. The third kappa shape index (κ3) is 4.63. The van der Waals surface area contributed by atoms with Gasteiger partial charge in [0.15, 0.2) is 0 Å². The van der Waals surface area contributed by atoms with Gasteiger partial charge >= 0.3 is 6.03 Å². The van der Waals surface area contributed by atoms with Crippen LogP contribution in [0, 0.1) is 0 Å². The topological polar surface area (TPSA) is 73.3 Å². The number of nitrogens with zero attached hydrogens (tertiary/aromatic N) is 3. The molecule has 0 aliphatic carbocycles. The molecule has 1 fully saturated rings. The zero-order chi connectivity index (χ0) is 18.4. The molecule has 0 radical (unpaired) electrons. The normalized spacial score (nSPS) is 14.4. The number of carbonyl (C=O) groups is 2. The van der Waals surface area contributed by atoms with Gasteiger partial charge in [-0.05, 0) is 45.0 Å². The van der Waals surface area contributed by atoms with E-state index in [0.717, 1.165) is 11.4 Å². The van der Waals surface area contributed by atoms with Gasteiger partial charge in [0.2, 0.25) is 5.91 Å². The largest absolute Gasteiger partial charge is 0.494 e. The lowest BCUT2D eigenvalue weighted by atomic mass is 10.3. The van der Waals surface area contributed by atoms with Crippen molar-refractivity contribution in [1.82, 2.24) is 9.80 Å². The van der Waals surface area contributed by atoms with Crippen molar-refractivity contribution in [3.8, 4) is 5.75 Å². The van der Waals surface area contributed by atoms with Crippen LogP contribution in [-0.2, 0) is 4.79 Å². The van der Waals surface area contributed by atoms with E-state index in [9.17, 15) is 9.59 Å². The summed E-state index contributed by atoms with van der Waals surface area (Å²) >= 11 is 0. The zero-order valence-electron chi connectivity index (χ0n) is 15.1. The molecule has 1 saturated heterocycles. The minimum absolute atomic E-state index is 0.0143. The predicted octanol–water partition coefficient (Wildman–Crippen LogP) is 1.56. The Bertz CT molecular complexity index is 588. The molecule has 1 aromatic carbocycles. The van der Waals surface area contributed by atoms with E-state index in [1.54, 1.807) is 14.7 Å². The summed E-state index contributed by atoms with van der Waals surface area (Å²) in [6.45, 7) is 7.58. The van der Waals surface area contributed by atoms with E-state index >= 15 is 0 Å². The molecule has 0 atom stereocenters. The minimum atomic E-state index is -0.176. The van der Waals surface area contributed by atoms with Gasteiger partial charge in [-0.1, -0.05) is 0 Å². The van der Waals surface area contributed by atoms with Crippen LogP contribution in [0.4, 0.5) is 10.5 Å². The molecule has 0 spiro atoms. The molecular weight excluding hydrogens is 322 g/mol. The molecule has 0 unspecified atom stereocenters. The summed E-state index contributed by atoms with van der Waals surface area (Å²) in [6.07, 6.45) is 0. The monoisotopic (exact) mass is 349 g/mol. The number of amides is 3. The number of carbonyl (C=O) groups excluding carboxylic acids is 2. The number of benzene rings is 1. The quantitative estimate of drug-likeness (QED) is 0.773. The van der Waals surface area contributed by atoms with Crippen LogP contribution in [0.2, 0.25) is 0 Å². The molecule has 7 nitrogen and oxygen atoms in total. The molecule has 3 amide bonds. The molecule has 1 heterocycles. The van der Waals surface area contributed by atoms with E-state index in [1.807, 2.05) is 45.0 Å². The maximum absolute atomic E-state index is 12.6. The SMILES string of the molecule is CCOc1ccc(N2CCN(CC(=O)N(CCO)C(C)C)C2=O)cc1. The molecule has 1 aromatic rings. The van der Waals surface area contributed by atoms with Crippen LogP contribution in [0.3, 0.4) is 0 Å². The number of anilines is 1. The summed E-state index contributed by atoms with van der Waals surface area (Å²) in [5, 5.41) is 9.11. The van der Waals surface area contributed by atoms with Gasteiger partial charge in [0.25, 0.3) is 0 Å². The third-order valence-corrected chi connectivity index (χ3v) is 4.17. The smallest absolute Gasteiger partial charge is 0.325 e. The minimum Gasteiger partial charge on any atom is -0.494 e. The summed E-state index contributed by atoms with van der Waals surface area (Å²) in [6, 6.07) is 7.18. The highest BCUT2D eigenvalue weighted by Gasteiger charge is 2.32. The first-order valence-electron chi connectivity index (χ1n) is 8.67. The first-order valence-corrected chi connectivity index (χ1v) is 8.67. The van der Waals surface area contributed by atoms with Crippen molar-refractivity contribution in [3.05, 3.63) is 24.3 Å². The fourth-order valence-electron chi connectivity index (χ4n) is 2.89. The summed E-state index contributed by atoms with van der Waals surface area (Å²) in [7, 11) is 0. The Kier molecular flexibility index (Phi) is 6.64. The van der Waals surface area contributed by atoms with E-state index in [4.69, 9.17) is 9.84 Å². The molecule has 138 valence electrons. The summed E-state index contributed by atoms with van der Waals surface area (Å²) in [4.78, 5) is 29.8. The molecule has 1 aliphatic rings. The highest BCUT2D eigenvalue weighted by Crippen LogP contribution is 2.23. The van der Waals surface area contributed by atoms with Gasteiger partial charge < -0.3 is 19.6 Å². The summed E-state index contributed by atoms with van der Waals surface area (Å²) < 4.78 is 5.41. The van der Waals surface area contributed by atoms with E-state index in [1.165, 1.54) is 0 Å². The van der Waals surface area contributed by atoms with Gasteiger partial charge in [-0.3, -0.25) is 9.69 Å². The van der Waals surface area contributed by atoms with Crippen LogP contribution in [0.5, 0.6) is 5.75 Å². The van der Waals surface area contributed by atoms with E-state index in [-0.39, 0.29) is 37.7 Å². The molecule has 1 N–H and O–H groups in total. The van der Waals surface area contributed by atoms with E-state index in [2.05, 4.69) is 0 Å². The van der Waals surface area contributed by atoms with Crippen molar-refractivity contribution in [2.75, 3.05) is 44.3 Å². The average Bonchev–Trinajstić information content (AvgIpc) is 2.94. The Morgan fingerprint density at radius 3 is 2.52 bits per heavy atom. The zero-order valence-corrected chi connectivity index (χ0v) is 15.1. The van der Waals surface area contributed by atoms with Gasteiger partial charge in [0.1, 0.15) is 12.3 Å². The van der Waals surface area contributed by atoms with Gasteiger partial charge in [0.05, 0.1) is 13.2 Å². The fraction of sp³-hybridized carbons (Fsp3) is 0.556. The number of urea groups is 1. The highest BCUT2D eigenvalue weighted by atomic mass is 16.5. The first-order chi connectivity index (χ1) is 12.0. The van der Waals surface area contributed by atoms with E-state index < -0.39 is 0 Å². The van der Waals surface area contributed by atoms with Crippen LogP contribution in [-0.4, -0.2) is 72.3 Å². The summed E-state index contributed by atoms with van der Waals surface area (Å²) in [5.41, 5.74) is 0.791. The van der Waals surface area contributed by atoms with Crippen LogP contribution in [0.1, 0.15) is 20.8 Å². The van der Waals surface area contributed by atoms with Crippen molar-refractivity contribution >= 4 is 17.6 Å². The maximum atomic E-state index is 12.6. The average molecular weight is 349 g/mol. The number of ether oxygens (including phenoxy) is 1. The van der Waals surface area contributed by atoms with Gasteiger partial charge in [-0.15, -0.1) is 0 Å². The van der Waals surface area contributed by atoms with Crippen LogP contribution < -0.4 is 9.64 Å². The lowest BCUT2D eigenvalue weighted by molar-refractivity contribution is -0.133. The number of aliphatic hydroxyl groups excluding tert-OH is 1. The molecule has 1 aliphatic heterocycles. The van der Waals surface area contributed by atoms with Gasteiger partial charge in [-0.25, -0.2) is 4.79 Å². The van der Waals surface area contributed by atoms with Crippen LogP contribution in [0.15, 0.2) is 24.3 Å². The lowest BCUT2D eigenvalue weighted by Gasteiger charge is -2.28. The van der Waals surface area contributed by atoms with Gasteiger partial charge in [-0.2, -0.15) is 0 Å². The van der Waals surface area contributed by atoms with Crippen molar-refractivity contribution in [2.45, 2.75) is 26.8 Å². The number of hydrogen-bond donors (Lipinski definition) is 1. The third-order valence-electron chi connectivity index (χ3n) is 4.17. The number of aliphatic hydroxyl groups is 1. The number of rotatable bonds is 8. The van der Waals surface area contributed by atoms with Crippen LogP contribution in [0.25, 0.3) is 0 Å². The first kappa shape index (κ1) is 19.1. The van der Waals surface area contributed by atoms with Gasteiger partial charge in [0, 0.05) is 31.4 Å². The Balaban J connectivity index is 2.00. The van der Waals surface area contributed by atoms with E-state index in [0.29, 0.717) is 19.7 Å². The lowest BCUT2D eigenvalue weighted by Crippen LogP contribution is -2.46. The van der Waals surface area contributed by atoms with Crippen molar-refractivity contribution in [3.63, 3.8) is 0 Å². The molecule has 0 aromatic heterocycles. The fourth-order valence-corrected chi connectivity index (χ4v) is 2.89. The predicted molar refractivity (Wildman–Crippen MR) is 95.9 cm³/mol. The Labute approximate surface area is 148 Å². The molecular formula is C18H27N3O4. The summed E-state index contributed by atoms with van der Waals surface area (Å²) in [5.74, 6) is 0.618. The second-order valence-corrected chi connectivity index (χ2v) is 6.19. The molecule has 2 rings (SSSR count). The number of hydrogen-bond acceptors (Lipinski definition) is 4. The second-order valence-electron chi connectivity index (χ2n) is 6.19. The van der Waals surface area contributed by atoms with Crippen molar-refractivity contribution in [2.24, 2.45) is 0 Å². The molecule has 7 heteroatoms. The standard InChI is InChI=1S/C18H27N3O4/c1-4-25-16-7-5-15(6-8-16)21-10-9-19(18(21)24)13-17(23)20(11-12-22)14(2)3/h5-8,14,22H,4,9-13H2,1-3H3. The Hall–Kier alpha value is -2.28. The second kappa shape index (κ2) is 8.71. The highest BCUT2D eigenvalue weighted by molar-refractivity contribution is 5.96. The molecule has 0 saturated carbocycles. The molecule has 0 bridgehead atoms. The Morgan fingerprint density at radius 2 is 1.96 bits per heavy atom. The van der Waals surface area contributed by atoms with Crippen molar-refractivity contribution < 1.29 is 19.4 Å². The molecule has 25 heavy (non-hydrogen) atoms. The van der Waals surface area contributed by atoms with Crippen molar-refractivity contribution in [1.29, 1.82) is 0 Å².